The highest BCUT2D eigenvalue weighted by molar-refractivity contribution is 7.50. The zero-order valence-corrected chi connectivity index (χ0v) is 23.5. The highest BCUT2D eigenvalue weighted by Crippen LogP contribution is 2.53. The molecule has 42 heavy (non-hydrogen) atoms. The molecule has 214 valence electrons. The molecule has 0 heterocycles. The lowest BCUT2D eigenvalue weighted by Crippen LogP contribution is -2.09. The van der Waals surface area contributed by atoms with E-state index in [0.717, 1.165) is 0 Å². The smallest absolute Gasteiger partial charge is 0.508 e. The zero-order valence-electron chi connectivity index (χ0n) is 21.8. The zero-order chi connectivity index (χ0) is 29.4. The number of hydrogen-bond donors (Lipinski definition) is 2. The first-order valence-electron chi connectivity index (χ1n) is 12.4. The molecule has 5 aromatic carbocycles. The van der Waals surface area contributed by atoms with Gasteiger partial charge in [-0.1, -0.05) is 54.6 Å². The van der Waals surface area contributed by atoms with E-state index in [0.29, 0.717) is 0 Å². The van der Waals surface area contributed by atoms with E-state index in [-0.39, 0.29) is 46.0 Å². The van der Waals surface area contributed by atoms with Crippen molar-refractivity contribution in [3.05, 3.63) is 133 Å². The fourth-order valence-corrected chi connectivity index (χ4v) is 5.99. The molecule has 0 amide bonds. The summed E-state index contributed by atoms with van der Waals surface area (Å²) in [7, 11) is -8.83. The molecule has 0 bridgehead atoms. The number of hydrogen-bond acceptors (Lipinski definition) is 10. The van der Waals surface area contributed by atoms with Crippen LogP contribution in [-0.2, 0) is 9.13 Å². The second-order valence-electron chi connectivity index (χ2n) is 8.54. The van der Waals surface area contributed by atoms with E-state index in [4.69, 9.17) is 27.1 Å². The van der Waals surface area contributed by atoms with E-state index in [9.17, 15) is 19.3 Å². The second-order valence-corrected chi connectivity index (χ2v) is 11.4. The maximum atomic E-state index is 13.8. The maximum absolute atomic E-state index is 13.8. The number of rotatable bonds is 12. The van der Waals surface area contributed by atoms with Gasteiger partial charge < -0.3 is 37.4 Å². The summed E-state index contributed by atoms with van der Waals surface area (Å²) in [4.78, 5) is 0. The van der Waals surface area contributed by atoms with Gasteiger partial charge in [-0.25, -0.2) is 0 Å². The quantitative estimate of drug-likeness (QED) is 0.134. The van der Waals surface area contributed by atoms with Gasteiger partial charge in [-0.2, -0.15) is 9.13 Å². The summed E-state index contributed by atoms with van der Waals surface area (Å²) in [6.45, 7) is 0. The van der Waals surface area contributed by atoms with Gasteiger partial charge in [-0.15, -0.1) is 0 Å². The molecule has 5 aromatic rings. The van der Waals surface area contributed by atoms with Crippen molar-refractivity contribution >= 4 is 15.6 Å². The Hall–Kier alpha value is -5.04. The molecule has 2 unspecified atom stereocenters. The number of phosphoric ester groups is 2. The standard InChI is InChI=1S/C30H24O10P2/c31-23-10-7-16-27(20-23)37-41(33,35-25-12-3-1-4-13-25)39-29-18-9-19-30(22-29)40-42(34,36-26-14-5-2-6-15-26)38-28-17-8-11-24(32)21-28/h1-22,31-32H. The van der Waals surface area contributed by atoms with Crippen molar-refractivity contribution in [2.75, 3.05) is 0 Å². The van der Waals surface area contributed by atoms with Crippen LogP contribution in [-0.4, -0.2) is 10.2 Å². The Morgan fingerprint density at radius 3 is 1.00 bits per heavy atom. The van der Waals surface area contributed by atoms with Crippen LogP contribution in [0.25, 0.3) is 0 Å². The highest BCUT2D eigenvalue weighted by Gasteiger charge is 2.35. The Bertz CT molecular complexity index is 1610. The summed E-state index contributed by atoms with van der Waals surface area (Å²) < 4.78 is 61.5. The lowest BCUT2D eigenvalue weighted by Gasteiger charge is -2.21. The Kier molecular flexibility index (Phi) is 8.58. The van der Waals surface area contributed by atoms with Crippen LogP contribution in [0.1, 0.15) is 0 Å². The number of aromatic hydroxyl groups is 2. The van der Waals surface area contributed by atoms with Crippen molar-refractivity contribution in [1.82, 2.24) is 0 Å². The molecule has 10 nitrogen and oxygen atoms in total. The van der Waals surface area contributed by atoms with Crippen LogP contribution in [0.5, 0.6) is 46.0 Å². The van der Waals surface area contributed by atoms with Crippen LogP contribution in [0.4, 0.5) is 0 Å². The number of phenols is 2. The van der Waals surface area contributed by atoms with E-state index >= 15 is 0 Å². The molecular weight excluding hydrogens is 582 g/mol. The highest BCUT2D eigenvalue weighted by atomic mass is 31.2. The van der Waals surface area contributed by atoms with Gasteiger partial charge in [0.05, 0.1) is 0 Å². The Morgan fingerprint density at radius 1 is 0.357 bits per heavy atom. The molecule has 2 N–H and O–H groups in total. The van der Waals surface area contributed by atoms with Crippen molar-refractivity contribution in [3.63, 3.8) is 0 Å². The summed E-state index contributed by atoms with van der Waals surface area (Å²) in [6, 6.07) is 33.5. The van der Waals surface area contributed by atoms with E-state index in [1.54, 1.807) is 60.7 Å². The largest absolute Gasteiger partial charge is 0.647 e. The van der Waals surface area contributed by atoms with Gasteiger partial charge in [0.25, 0.3) is 0 Å². The van der Waals surface area contributed by atoms with Crippen LogP contribution in [0.3, 0.4) is 0 Å². The van der Waals surface area contributed by atoms with Gasteiger partial charge in [0.2, 0.25) is 0 Å². The summed E-state index contributed by atoms with van der Waals surface area (Å²) in [5.74, 6) is 0.169. The van der Waals surface area contributed by atoms with Crippen LogP contribution in [0.15, 0.2) is 133 Å². The van der Waals surface area contributed by atoms with Gasteiger partial charge >= 0.3 is 15.6 Å². The molecule has 0 saturated carbocycles. The molecule has 2 atom stereocenters. The second kappa shape index (κ2) is 12.6. The van der Waals surface area contributed by atoms with Crippen LogP contribution >= 0.6 is 15.6 Å². The number of para-hydroxylation sites is 2. The van der Waals surface area contributed by atoms with Gasteiger partial charge in [-0.3, -0.25) is 0 Å². The molecule has 12 heteroatoms. The summed E-state index contributed by atoms with van der Waals surface area (Å²) >= 11 is 0. The minimum Gasteiger partial charge on any atom is -0.508 e. The molecule has 0 fully saturated rings. The van der Waals surface area contributed by atoms with Crippen molar-refractivity contribution in [2.24, 2.45) is 0 Å². The molecule has 0 radical (unpaired) electrons. The third-order valence-electron chi connectivity index (χ3n) is 5.23. The molecule has 0 spiro atoms. The minimum atomic E-state index is -4.42. The van der Waals surface area contributed by atoms with Crippen molar-refractivity contribution in [2.45, 2.75) is 0 Å². The van der Waals surface area contributed by atoms with Crippen LogP contribution < -0.4 is 27.1 Å². The predicted octanol–water partition coefficient (Wildman–Crippen LogP) is 8.39. The molecule has 0 aliphatic rings. The van der Waals surface area contributed by atoms with Gasteiger partial charge in [0.15, 0.2) is 0 Å². The molecule has 0 aliphatic carbocycles. The molecular formula is C30H24O10P2. The molecule has 0 aliphatic heterocycles. The Balaban J connectivity index is 1.42. The number of phosphoric acid groups is 2. The fourth-order valence-electron chi connectivity index (χ4n) is 3.52. The number of benzene rings is 5. The lowest BCUT2D eigenvalue weighted by atomic mass is 10.3. The first kappa shape index (κ1) is 28.5. The summed E-state index contributed by atoms with van der Waals surface area (Å²) in [6.07, 6.45) is 0. The monoisotopic (exact) mass is 606 g/mol. The predicted molar refractivity (Wildman–Crippen MR) is 155 cm³/mol. The molecule has 0 aromatic heterocycles. The first-order chi connectivity index (χ1) is 20.3. The van der Waals surface area contributed by atoms with E-state index in [2.05, 4.69) is 0 Å². The van der Waals surface area contributed by atoms with Gasteiger partial charge in [0, 0.05) is 18.2 Å². The lowest BCUT2D eigenvalue weighted by molar-refractivity contribution is 0.294. The fraction of sp³-hybridized carbons (Fsp3) is 0. The van der Waals surface area contributed by atoms with E-state index < -0.39 is 15.6 Å². The van der Waals surface area contributed by atoms with Crippen LogP contribution in [0, 0.1) is 0 Å². The van der Waals surface area contributed by atoms with Crippen molar-refractivity contribution in [1.29, 1.82) is 0 Å². The van der Waals surface area contributed by atoms with E-state index in [1.807, 2.05) is 0 Å². The normalized spacial score (nSPS) is 13.5. The summed E-state index contributed by atoms with van der Waals surface area (Å²) in [5, 5.41) is 19.7. The average molecular weight is 606 g/mol. The molecule has 0 saturated heterocycles. The van der Waals surface area contributed by atoms with Crippen molar-refractivity contribution < 1.29 is 46.5 Å². The summed E-state index contributed by atoms with van der Waals surface area (Å²) in [5.41, 5.74) is 0. The van der Waals surface area contributed by atoms with Gasteiger partial charge in [-0.05, 0) is 60.7 Å². The average Bonchev–Trinajstić information content (AvgIpc) is 2.94. The Morgan fingerprint density at radius 2 is 0.643 bits per heavy atom. The molecule has 5 rings (SSSR count). The third-order valence-corrected chi connectivity index (χ3v) is 7.84. The van der Waals surface area contributed by atoms with Crippen molar-refractivity contribution in [3.8, 4) is 46.0 Å². The SMILES string of the molecule is O=P(Oc1ccccc1)(Oc1cccc(O)c1)Oc1cccc(OP(=O)(Oc2ccccc2)Oc2cccc(O)c2)c1. The van der Waals surface area contributed by atoms with E-state index in [1.165, 1.54) is 72.8 Å². The minimum absolute atomic E-state index is 0.0296. The Labute approximate surface area is 241 Å². The number of phenolic OH excluding ortho intramolecular Hbond substituents is 2. The maximum Gasteiger partial charge on any atom is 0.647 e. The van der Waals surface area contributed by atoms with Crippen LogP contribution in [0.2, 0.25) is 0 Å². The van der Waals surface area contributed by atoms with Gasteiger partial charge in [0.1, 0.15) is 46.0 Å². The topological polar surface area (TPSA) is 130 Å². The first-order valence-corrected chi connectivity index (χ1v) is 15.3. The third kappa shape index (κ3) is 8.01.